The molecular formula is C24H25NO6. The molecule has 0 atom stereocenters. The summed E-state index contributed by atoms with van der Waals surface area (Å²) < 4.78 is 21.1. The lowest BCUT2D eigenvalue weighted by Gasteiger charge is -2.13. The molecule has 31 heavy (non-hydrogen) atoms. The SMILES string of the molecule is CCOC(=O)/C(C#N)=C/c1ccc(OC(=O)COc2cc(C)cc(C)c2C)c(OC)c1. The van der Waals surface area contributed by atoms with Crippen LogP contribution in [0.25, 0.3) is 6.08 Å². The van der Waals surface area contributed by atoms with E-state index in [1.54, 1.807) is 19.1 Å². The molecule has 0 N–H and O–H groups in total. The van der Waals surface area contributed by atoms with Gasteiger partial charge in [-0.3, -0.25) is 0 Å². The second kappa shape index (κ2) is 10.8. The van der Waals surface area contributed by atoms with Crippen molar-refractivity contribution in [3.05, 3.63) is 58.2 Å². The molecule has 0 bridgehead atoms. The van der Waals surface area contributed by atoms with Crippen molar-refractivity contribution in [2.24, 2.45) is 0 Å². The Hall–Kier alpha value is -3.79. The first-order valence-corrected chi connectivity index (χ1v) is 9.67. The Balaban J connectivity index is 2.12. The Bertz CT molecular complexity index is 1050. The molecule has 0 aliphatic rings. The number of nitrogens with zero attached hydrogens (tertiary/aromatic N) is 1. The molecule has 7 heteroatoms. The molecule has 0 radical (unpaired) electrons. The fourth-order valence-corrected chi connectivity index (χ4v) is 2.81. The van der Waals surface area contributed by atoms with E-state index in [2.05, 4.69) is 0 Å². The van der Waals surface area contributed by atoms with Gasteiger partial charge in [0.05, 0.1) is 13.7 Å². The molecule has 2 aromatic carbocycles. The number of rotatable bonds is 8. The zero-order valence-corrected chi connectivity index (χ0v) is 18.3. The lowest BCUT2D eigenvalue weighted by Crippen LogP contribution is -2.18. The molecule has 0 amide bonds. The maximum absolute atomic E-state index is 12.3. The second-order valence-electron chi connectivity index (χ2n) is 6.77. The highest BCUT2D eigenvalue weighted by atomic mass is 16.6. The molecule has 0 spiro atoms. The summed E-state index contributed by atoms with van der Waals surface area (Å²) in [7, 11) is 1.42. The fourth-order valence-electron chi connectivity index (χ4n) is 2.81. The topological polar surface area (TPSA) is 94.9 Å². The first-order chi connectivity index (χ1) is 14.8. The molecule has 0 fully saturated rings. The van der Waals surface area contributed by atoms with E-state index in [9.17, 15) is 9.59 Å². The first-order valence-electron chi connectivity index (χ1n) is 9.67. The zero-order valence-electron chi connectivity index (χ0n) is 18.3. The normalized spacial score (nSPS) is 10.8. The number of hydrogen-bond acceptors (Lipinski definition) is 7. The summed E-state index contributed by atoms with van der Waals surface area (Å²) in [6.07, 6.45) is 1.37. The number of hydrogen-bond donors (Lipinski definition) is 0. The van der Waals surface area contributed by atoms with Gasteiger partial charge < -0.3 is 18.9 Å². The fraction of sp³-hybridized carbons (Fsp3) is 0.292. The minimum atomic E-state index is -0.710. The van der Waals surface area contributed by atoms with Crippen molar-refractivity contribution in [2.45, 2.75) is 27.7 Å². The van der Waals surface area contributed by atoms with Crippen LogP contribution in [0.1, 0.15) is 29.2 Å². The van der Waals surface area contributed by atoms with Crippen LogP contribution in [-0.4, -0.2) is 32.3 Å². The Labute approximate surface area is 181 Å². The third kappa shape index (κ3) is 6.34. The Morgan fingerprint density at radius 3 is 2.45 bits per heavy atom. The van der Waals surface area contributed by atoms with Crippen LogP contribution in [0.5, 0.6) is 17.2 Å². The summed E-state index contributed by atoms with van der Waals surface area (Å²) in [4.78, 5) is 24.1. The number of esters is 2. The van der Waals surface area contributed by atoms with E-state index >= 15 is 0 Å². The maximum Gasteiger partial charge on any atom is 0.349 e. The van der Waals surface area contributed by atoms with Gasteiger partial charge in [-0.15, -0.1) is 0 Å². The van der Waals surface area contributed by atoms with Crippen LogP contribution >= 0.6 is 0 Å². The quantitative estimate of drug-likeness (QED) is 0.273. The third-order valence-corrected chi connectivity index (χ3v) is 4.45. The Kier molecular flexibility index (Phi) is 8.21. The largest absolute Gasteiger partial charge is 0.493 e. The summed E-state index contributed by atoms with van der Waals surface area (Å²) in [5, 5.41) is 9.16. The van der Waals surface area contributed by atoms with Crippen molar-refractivity contribution < 1.29 is 28.5 Å². The van der Waals surface area contributed by atoms with Crippen molar-refractivity contribution in [3.8, 4) is 23.3 Å². The van der Waals surface area contributed by atoms with Gasteiger partial charge in [-0.25, -0.2) is 9.59 Å². The highest BCUT2D eigenvalue weighted by Crippen LogP contribution is 2.29. The van der Waals surface area contributed by atoms with Crippen LogP contribution in [-0.2, 0) is 14.3 Å². The van der Waals surface area contributed by atoms with Gasteiger partial charge in [0.15, 0.2) is 18.1 Å². The van der Waals surface area contributed by atoms with Crippen LogP contribution in [0.4, 0.5) is 0 Å². The molecule has 0 aromatic heterocycles. The number of aryl methyl sites for hydroxylation is 2. The van der Waals surface area contributed by atoms with Gasteiger partial charge in [-0.1, -0.05) is 12.1 Å². The average molecular weight is 423 g/mol. The highest BCUT2D eigenvalue weighted by molar-refractivity contribution is 5.98. The number of carbonyl (C=O) groups is 2. The lowest BCUT2D eigenvalue weighted by atomic mass is 10.1. The molecule has 162 valence electrons. The minimum Gasteiger partial charge on any atom is -0.493 e. The molecule has 0 saturated carbocycles. The van der Waals surface area contributed by atoms with E-state index in [0.29, 0.717) is 11.3 Å². The first kappa shape index (κ1) is 23.5. The van der Waals surface area contributed by atoms with E-state index in [-0.39, 0.29) is 30.3 Å². The Morgan fingerprint density at radius 2 is 1.81 bits per heavy atom. The molecule has 2 aromatic rings. The molecule has 0 heterocycles. The van der Waals surface area contributed by atoms with Crippen LogP contribution in [0.15, 0.2) is 35.9 Å². The van der Waals surface area contributed by atoms with Crippen molar-refractivity contribution in [2.75, 3.05) is 20.3 Å². The third-order valence-electron chi connectivity index (χ3n) is 4.45. The van der Waals surface area contributed by atoms with Crippen LogP contribution in [0, 0.1) is 32.1 Å². The zero-order chi connectivity index (χ0) is 23.0. The van der Waals surface area contributed by atoms with Crippen LogP contribution in [0.2, 0.25) is 0 Å². The standard InChI is InChI=1S/C24H25NO6/c1-6-29-24(27)19(13-25)11-18-7-8-20(22(12-18)28-5)31-23(26)14-30-21-10-15(2)9-16(3)17(21)4/h7-12H,6,14H2,1-5H3/b19-11+. The molecular weight excluding hydrogens is 398 g/mol. The number of benzene rings is 2. The maximum atomic E-state index is 12.3. The summed E-state index contributed by atoms with van der Waals surface area (Å²) >= 11 is 0. The molecule has 7 nitrogen and oxygen atoms in total. The molecule has 0 saturated heterocycles. The van der Waals surface area contributed by atoms with E-state index < -0.39 is 11.9 Å². The molecule has 0 unspecified atom stereocenters. The smallest absolute Gasteiger partial charge is 0.349 e. The van der Waals surface area contributed by atoms with Gasteiger partial charge in [0.2, 0.25) is 0 Å². The predicted molar refractivity (Wildman–Crippen MR) is 115 cm³/mol. The van der Waals surface area contributed by atoms with E-state index in [1.807, 2.05) is 39.0 Å². The predicted octanol–water partition coefficient (Wildman–Crippen LogP) is 4.07. The van der Waals surface area contributed by atoms with Crippen molar-refractivity contribution in [1.29, 1.82) is 5.26 Å². The van der Waals surface area contributed by atoms with Gasteiger partial charge in [-0.2, -0.15) is 5.26 Å². The summed E-state index contributed by atoms with van der Waals surface area (Å²) in [6, 6.07) is 10.4. The molecule has 0 aliphatic heterocycles. The van der Waals surface area contributed by atoms with E-state index in [1.165, 1.54) is 19.3 Å². The van der Waals surface area contributed by atoms with E-state index in [4.69, 9.17) is 24.2 Å². The van der Waals surface area contributed by atoms with Gasteiger partial charge in [0.25, 0.3) is 0 Å². The van der Waals surface area contributed by atoms with Crippen LogP contribution < -0.4 is 14.2 Å². The average Bonchev–Trinajstić information content (AvgIpc) is 2.74. The summed E-state index contributed by atoms with van der Waals surface area (Å²) in [5.41, 5.74) is 3.45. The van der Waals surface area contributed by atoms with Gasteiger partial charge in [-0.05, 0) is 74.2 Å². The van der Waals surface area contributed by atoms with Gasteiger partial charge >= 0.3 is 11.9 Å². The molecule has 2 rings (SSSR count). The number of ether oxygens (including phenoxy) is 4. The second-order valence-corrected chi connectivity index (χ2v) is 6.77. The highest BCUT2D eigenvalue weighted by Gasteiger charge is 2.14. The minimum absolute atomic E-state index is 0.147. The van der Waals surface area contributed by atoms with E-state index in [0.717, 1.165) is 16.7 Å². The summed E-state index contributed by atoms with van der Waals surface area (Å²) in [6.45, 7) is 7.42. The van der Waals surface area contributed by atoms with Gasteiger partial charge in [0.1, 0.15) is 17.4 Å². The summed E-state index contributed by atoms with van der Waals surface area (Å²) in [5.74, 6) is -0.210. The number of nitriles is 1. The molecule has 0 aliphatic carbocycles. The van der Waals surface area contributed by atoms with Crippen molar-refractivity contribution in [1.82, 2.24) is 0 Å². The number of methoxy groups -OCH3 is 1. The van der Waals surface area contributed by atoms with Crippen molar-refractivity contribution >= 4 is 18.0 Å². The van der Waals surface area contributed by atoms with Crippen molar-refractivity contribution in [3.63, 3.8) is 0 Å². The number of carbonyl (C=O) groups excluding carboxylic acids is 2. The lowest BCUT2D eigenvalue weighted by molar-refractivity contribution is -0.138. The van der Waals surface area contributed by atoms with Gasteiger partial charge in [0, 0.05) is 0 Å². The Morgan fingerprint density at radius 1 is 1.06 bits per heavy atom. The monoisotopic (exact) mass is 423 g/mol. The van der Waals surface area contributed by atoms with Crippen LogP contribution in [0.3, 0.4) is 0 Å².